The van der Waals surface area contributed by atoms with E-state index in [-0.39, 0.29) is 0 Å². The van der Waals surface area contributed by atoms with Crippen molar-refractivity contribution in [3.05, 3.63) is 23.8 Å². The van der Waals surface area contributed by atoms with Crippen molar-refractivity contribution in [1.82, 2.24) is 0 Å². The molecule has 0 spiro atoms. The van der Waals surface area contributed by atoms with Crippen LogP contribution in [0.3, 0.4) is 0 Å². The Bertz CT molecular complexity index is 352. The fraction of sp³-hybridized carbons (Fsp3) is 0.364. The summed E-state index contributed by atoms with van der Waals surface area (Å²) in [6.07, 6.45) is 0.518. The van der Waals surface area contributed by atoms with Gasteiger partial charge in [0, 0.05) is 13.6 Å². The molecule has 0 aliphatic rings. The van der Waals surface area contributed by atoms with Crippen molar-refractivity contribution in [3.63, 3.8) is 0 Å². The van der Waals surface area contributed by atoms with E-state index in [4.69, 9.17) is 11.0 Å². The van der Waals surface area contributed by atoms with Gasteiger partial charge in [0.05, 0.1) is 23.9 Å². The number of nitriles is 1. The van der Waals surface area contributed by atoms with Crippen molar-refractivity contribution in [2.45, 2.75) is 13.3 Å². The lowest BCUT2D eigenvalue weighted by molar-refractivity contribution is 0.906. The van der Waals surface area contributed by atoms with E-state index < -0.39 is 0 Å². The monoisotopic (exact) mass is 189 g/mol. The van der Waals surface area contributed by atoms with E-state index in [9.17, 15) is 0 Å². The lowest BCUT2D eigenvalue weighted by atomic mass is 10.2. The van der Waals surface area contributed by atoms with Crippen molar-refractivity contribution >= 4 is 11.4 Å². The molecule has 2 N–H and O–H groups in total. The molecule has 3 nitrogen and oxygen atoms in total. The summed E-state index contributed by atoms with van der Waals surface area (Å²) < 4.78 is 0. The molecule has 0 fully saturated rings. The molecule has 0 unspecified atom stereocenters. The van der Waals surface area contributed by atoms with Gasteiger partial charge in [-0.1, -0.05) is 6.07 Å². The van der Waals surface area contributed by atoms with Gasteiger partial charge in [-0.15, -0.1) is 0 Å². The molecule has 0 atom stereocenters. The Labute approximate surface area is 84.7 Å². The van der Waals surface area contributed by atoms with Crippen molar-refractivity contribution < 1.29 is 0 Å². The molecule has 0 bridgehead atoms. The predicted molar refractivity (Wildman–Crippen MR) is 59.1 cm³/mol. The van der Waals surface area contributed by atoms with Crippen LogP contribution in [0.1, 0.15) is 12.0 Å². The van der Waals surface area contributed by atoms with E-state index in [1.165, 1.54) is 5.56 Å². The first kappa shape index (κ1) is 10.4. The van der Waals surface area contributed by atoms with Crippen molar-refractivity contribution in [2.75, 3.05) is 24.2 Å². The van der Waals surface area contributed by atoms with Gasteiger partial charge in [0.25, 0.3) is 0 Å². The largest absolute Gasteiger partial charge is 0.397 e. The number of benzene rings is 1. The Morgan fingerprint density at radius 2 is 2.21 bits per heavy atom. The molecule has 0 heterocycles. The van der Waals surface area contributed by atoms with Gasteiger partial charge in [-0.2, -0.15) is 5.26 Å². The smallest absolute Gasteiger partial charge is 0.0640 e. The van der Waals surface area contributed by atoms with Crippen LogP contribution in [0.4, 0.5) is 11.4 Å². The molecule has 0 saturated carbocycles. The van der Waals surface area contributed by atoms with E-state index in [0.717, 1.165) is 11.4 Å². The molecule has 0 radical (unpaired) electrons. The maximum absolute atomic E-state index is 8.48. The number of aryl methyl sites for hydroxylation is 1. The molecule has 0 saturated heterocycles. The van der Waals surface area contributed by atoms with Crippen LogP contribution in [0.15, 0.2) is 18.2 Å². The third-order valence-corrected chi connectivity index (χ3v) is 2.16. The van der Waals surface area contributed by atoms with Crippen LogP contribution < -0.4 is 10.6 Å². The van der Waals surface area contributed by atoms with Crippen LogP contribution in [0, 0.1) is 18.3 Å². The molecule has 74 valence electrons. The van der Waals surface area contributed by atoms with E-state index in [0.29, 0.717) is 13.0 Å². The zero-order chi connectivity index (χ0) is 10.6. The van der Waals surface area contributed by atoms with Gasteiger partial charge in [-0.3, -0.25) is 0 Å². The second-order valence-electron chi connectivity index (χ2n) is 3.39. The molecule has 0 aromatic heterocycles. The topological polar surface area (TPSA) is 53.0 Å². The number of nitrogen functional groups attached to an aromatic ring is 1. The average molecular weight is 189 g/mol. The zero-order valence-corrected chi connectivity index (χ0v) is 8.62. The van der Waals surface area contributed by atoms with Gasteiger partial charge in [0.2, 0.25) is 0 Å². The minimum absolute atomic E-state index is 0.518. The number of nitrogens with two attached hydrogens (primary N) is 1. The van der Waals surface area contributed by atoms with Crippen LogP contribution in [0.2, 0.25) is 0 Å². The Kier molecular flexibility index (Phi) is 3.35. The normalized spacial score (nSPS) is 9.50. The van der Waals surface area contributed by atoms with Crippen molar-refractivity contribution in [2.24, 2.45) is 0 Å². The lowest BCUT2D eigenvalue weighted by Crippen LogP contribution is -2.19. The molecular weight excluding hydrogens is 174 g/mol. The van der Waals surface area contributed by atoms with Crippen molar-refractivity contribution in [1.29, 1.82) is 5.26 Å². The lowest BCUT2D eigenvalue weighted by Gasteiger charge is -2.20. The Balaban J connectivity index is 2.83. The van der Waals surface area contributed by atoms with Crippen LogP contribution in [-0.4, -0.2) is 13.6 Å². The van der Waals surface area contributed by atoms with Crippen LogP contribution in [-0.2, 0) is 0 Å². The van der Waals surface area contributed by atoms with Crippen molar-refractivity contribution in [3.8, 4) is 6.07 Å². The number of anilines is 2. The Hall–Kier alpha value is -1.69. The summed E-state index contributed by atoms with van der Waals surface area (Å²) >= 11 is 0. The minimum atomic E-state index is 0.518. The molecular formula is C11H15N3. The van der Waals surface area contributed by atoms with E-state index in [1.807, 2.05) is 37.1 Å². The Morgan fingerprint density at radius 1 is 1.50 bits per heavy atom. The summed E-state index contributed by atoms with van der Waals surface area (Å²) in [4.78, 5) is 2.01. The van der Waals surface area contributed by atoms with Gasteiger partial charge in [-0.05, 0) is 24.6 Å². The van der Waals surface area contributed by atoms with Gasteiger partial charge < -0.3 is 10.6 Å². The van der Waals surface area contributed by atoms with Gasteiger partial charge in [-0.25, -0.2) is 0 Å². The minimum Gasteiger partial charge on any atom is -0.397 e. The second-order valence-corrected chi connectivity index (χ2v) is 3.39. The summed E-state index contributed by atoms with van der Waals surface area (Å²) in [6.45, 7) is 2.74. The molecule has 1 aromatic carbocycles. The Morgan fingerprint density at radius 3 is 2.86 bits per heavy atom. The fourth-order valence-electron chi connectivity index (χ4n) is 1.32. The van der Waals surface area contributed by atoms with E-state index >= 15 is 0 Å². The number of hydrogen-bond acceptors (Lipinski definition) is 3. The standard InChI is InChI=1S/C11H15N3/c1-9-4-5-10(13)11(8-9)14(2)7-3-6-12/h4-5,8H,3,7,13H2,1-2H3. The average Bonchev–Trinajstić information content (AvgIpc) is 2.18. The van der Waals surface area contributed by atoms with Gasteiger partial charge in [0.15, 0.2) is 0 Å². The third kappa shape index (κ3) is 2.40. The highest BCUT2D eigenvalue weighted by Crippen LogP contribution is 2.23. The van der Waals surface area contributed by atoms with E-state index in [2.05, 4.69) is 6.07 Å². The molecule has 3 heteroatoms. The van der Waals surface area contributed by atoms with Gasteiger partial charge in [0.1, 0.15) is 0 Å². The van der Waals surface area contributed by atoms with Crippen LogP contribution in [0.25, 0.3) is 0 Å². The third-order valence-electron chi connectivity index (χ3n) is 2.16. The molecule has 1 aromatic rings. The maximum Gasteiger partial charge on any atom is 0.0640 e. The number of nitrogens with zero attached hydrogens (tertiary/aromatic N) is 2. The molecule has 14 heavy (non-hydrogen) atoms. The molecule has 0 amide bonds. The summed E-state index contributed by atoms with van der Waals surface area (Å²) in [5, 5.41) is 8.48. The maximum atomic E-state index is 8.48. The quantitative estimate of drug-likeness (QED) is 0.739. The summed E-state index contributed by atoms with van der Waals surface area (Å²) in [5.74, 6) is 0. The molecule has 0 aliphatic carbocycles. The number of hydrogen-bond donors (Lipinski definition) is 1. The van der Waals surface area contributed by atoms with Gasteiger partial charge >= 0.3 is 0 Å². The first-order chi connectivity index (χ1) is 6.65. The summed E-state index contributed by atoms with van der Waals surface area (Å²) in [7, 11) is 1.95. The fourth-order valence-corrected chi connectivity index (χ4v) is 1.32. The predicted octanol–water partition coefficient (Wildman–Crippen LogP) is 1.93. The van der Waals surface area contributed by atoms with E-state index in [1.54, 1.807) is 0 Å². The van der Waals surface area contributed by atoms with Crippen LogP contribution >= 0.6 is 0 Å². The van der Waals surface area contributed by atoms with Crippen LogP contribution in [0.5, 0.6) is 0 Å². The molecule has 1 rings (SSSR count). The highest BCUT2D eigenvalue weighted by Gasteiger charge is 2.04. The second kappa shape index (κ2) is 4.52. The first-order valence-corrected chi connectivity index (χ1v) is 4.59. The molecule has 0 aliphatic heterocycles. The summed E-state index contributed by atoms with van der Waals surface area (Å²) in [6, 6.07) is 8.03. The highest BCUT2D eigenvalue weighted by atomic mass is 15.1. The first-order valence-electron chi connectivity index (χ1n) is 4.59. The number of rotatable bonds is 3. The zero-order valence-electron chi connectivity index (χ0n) is 8.62. The highest BCUT2D eigenvalue weighted by molar-refractivity contribution is 5.68. The SMILES string of the molecule is Cc1ccc(N)c(N(C)CCC#N)c1. The summed E-state index contributed by atoms with van der Waals surface area (Å²) in [5.41, 5.74) is 8.78.